The first kappa shape index (κ1) is 22.4. The first-order chi connectivity index (χ1) is 15.5. The minimum atomic E-state index is -0.0326. The van der Waals surface area contributed by atoms with Crippen molar-refractivity contribution >= 4 is 43.7 Å². The molecule has 0 radical (unpaired) electrons. The number of benzene rings is 4. The van der Waals surface area contributed by atoms with Crippen LogP contribution in [0, 0.1) is 13.8 Å². The third kappa shape index (κ3) is 4.41. The van der Waals surface area contributed by atoms with Gasteiger partial charge in [0, 0.05) is 14.5 Å². The van der Waals surface area contributed by atoms with Crippen molar-refractivity contribution in [3.05, 3.63) is 122 Å². The van der Waals surface area contributed by atoms with Crippen LogP contribution in [0.1, 0.15) is 27.0 Å². The molecule has 0 spiro atoms. The molecule has 0 unspecified atom stereocenters. The lowest BCUT2D eigenvalue weighted by atomic mass is 9.85. The maximum absolute atomic E-state index is 12.9. The Kier molecular flexibility index (Phi) is 6.88. The Morgan fingerprint density at radius 1 is 0.688 bits per heavy atom. The van der Waals surface area contributed by atoms with Crippen LogP contribution in [0.15, 0.2) is 100.0 Å². The van der Waals surface area contributed by atoms with E-state index in [-0.39, 0.29) is 5.78 Å². The quantitative estimate of drug-likeness (QED) is 0.180. The smallest absolute Gasteiger partial charge is 0.186 e. The predicted octanol–water partition coefficient (Wildman–Crippen LogP) is 9.06. The molecule has 0 amide bonds. The molecule has 0 aromatic heterocycles. The fourth-order valence-corrected chi connectivity index (χ4v) is 5.13. The summed E-state index contributed by atoms with van der Waals surface area (Å²) in [4.78, 5) is 12.9. The summed E-state index contributed by atoms with van der Waals surface area (Å²) >= 11 is 7.31. The van der Waals surface area contributed by atoms with Crippen molar-refractivity contribution in [3.63, 3.8) is 0 Å². The van der Waals surface area contributed by atoms with Gasteiger partial charge in [0.25, 0.3) is 0 Å². The van der Waals surface area contributed by atoms with Crippen LogP contribution in [0.5, 0.6) is 0 Å². The molecule has 0 aliphatic carbocycles. The highest BCUT2D eigenvalue weighted by atomic mass is 79.9. The van der Waals surface area contributed by atoms with E-state index in [1.54, 1.807) is 6.08 Å². The van der Waals surface area contributed by atoms with Gasteiger partial charge in [-0.05, 0) is 93.0 Å². The Morgan fingerprint density at radius 2 is 1.19 bits per heavy atom. The lowest BCUT2D eigenvalue weighted by Gasteiger charge is -2.21. The van der Waals surface area contributed by atoms with E-state index in [0.717, 1.165) is 31.2 Å². The molecule has 158 valence electrons. The van der Waals surface area contributed by atoms with Gasteiger partial charge < -0.3 is 0 Å². The van der Waals surface area contributed by atoms with Gasteiger partial charge in [0.05, 0.1) is 0 Å². The molecule has 0 fully saturated rings. The topological polar surface area (TPSA) is 17.1 Å². The number of rotatable bonds is 5. The number of carbonyl (C=O) groups is 1. The first-order valence-corrected chi connectivity index (χ1v) is 12.0. The summed E-state index contributed by atoms with van der Waals surface area (Å²) < 4.78 is 1.80. The molecule has 0 bridgehead atoms. The van der Waals surface area contributed by atoms with Crippen LogP contribution in [0.3, 0.4) is 0 Å². The van der Waals surface area contributed by atoms with E-state index in [0.29, 0.717) is 5.56 Å². The van der Waals surface area contributed by atoms with E-state index < -0.39 is 0 Å². The van der Waals surface area contributed by atoms with E-state index in [4.69, 9.17) is 0 Å². The maximum atomic E-state index is 12.9. The second-order valence-electron chi connectivity index (χ2n) is 7.64. The van der Waals surface area contributed by atoms with Crippen LogP contribution in [-0.4, -0.2) is 5.78 Å². The normalized spacial score (nSPS) is 11.1. The first-order valence-electron chi connectivity index (χ1n) is 10.4. The van der Waals surface area contributed by atoms with Crippen LogP contribution in [0.25, 0.3) is 28.3 Å². The summed E-state index contributed by atoms with van der Waals surface area (Å²) in [5, 5.41) is 0. The Morgan fingerprint density at radius 3 is 1.75 bits per heavy atom. The highest BCUT2D eigenvalue weighted by Crippen LogP contribution is 2.43. The van der Waals surface area contributed by atoms with Gasteiger partial charge in [-0.2, -0.15) is 0 Å². The van der Waals surface area contributed by atoms with Crippen molar-refractivity contribution in [2.45, 2.75) is 13.8 Å². The molecule has 1 nitrogen and oxygen atoms in total. The van der Waals surface area contributed by atoms with Crippen LogP contribution in [0.2, 0.25) is 0 Å². The van der Waals surface area contributed by atoms with Gasteiger partial charge >= 0.3 is 0 Å². The summed E-state index contributed by atoms with van der Waals surface area (Å²) in [6, 6.07) is 28.4. The third-order valence-electron chi connectivity index (χ3n) is 5.64. The van der Waals surface area contributed by atoms with E-state index in [1.165, 1.54) is 16.7 Å². The Hall–Kier alpha value is -2.75. The highest BCUT2D eigenvalue weighted by Gasteiger charge is 2.19. The van der Waals surface area contributed by atoms with E-state index >= 15 is 0 Å². The SMILES string of the molecule is Cc1c(Br)c(/C=C/C(=O)c2ccccc2Br)c(C)c(-c2ccccc2)c1-c1ccccc1. The molecule has 32 heavy (non-hydrogen) atoms. The molecule has 0 saturated carbocycles. The summed E-state index contributed by atoms with van der Waals surface area (Å²) in [7, 11) is 0. The Balaban J connectivity index is 1.91. The lowest BCUT2D eigenvalue weighted by molar-refractivity contribution is 0.104. The number of allylic oxidation sites excluding steroid dienone is 1. The zero-order valence-corrected chi connectivity index (χ0v) is 21.1. The number of hydrogen-bond donors (Lipinski definition) is 0. The van der Waals surface area contributed by atoms with Crippen LogP contribution in [0.4, 0.5) is 0 Å². The Bertz CT molecular complexity index is 1310. The molecular formula is C29H22Br2O. The van der Waals surface area contributed by atoms with Gasteiger partial charge in [-0.3, -0.25) is 4.79 Å². The summed E-state index contributed by atoms with van der Waals surface area (Å²) in [5.74, 6) is -0.0326. The van der Waals surface area contributed by atoms with Crippen LogP contribution >= 0.6 is 31.9 Å². The molecule has 0 aliphatic heterocycles. The molecule has 4 rings (SSSR count). The van der Waals surface area contributed by atoms with Gasteiger partial charge in [0.15, 0.2) is 5.78 Å². The van der Waals surface area contributed by atoms with Crippen molar-refractivity contribution in [2.75, 3.05) is 0 Å². The molecule has 4 aromatic carbocycles. The fourth-order valence-electron chi connectivity index (χ4n) is 4.03. The van der Waals surface area contributed by atoms with E-state index in [2.05, 4.69) is 94.2 Å². The average molecular weight is 546 g/mol. The number of halogens is 2. The molecule has 0 heterocycles. The molecule has 3 heteroatoms. The summed E-state index contributed by atoms with van der Waals surface area (Å²) in [6.07, 6.45) is 3.58. The number of ketones is 1. The minimum Gasteiger partial charge on any atom is -0.289 e. The van der Waals surface area contributed by atoms with Crippen LogP contribution < -0.4 is 0 Å². The van der Waals surface area contributed by atoms with Crippen molar-refractivity contribution in [1.29, 1.82) is 0 Å². The number of carbonyl (C=O) groups excluding carboxylic acids is 1. The largest absolute Gasteiger partial charge is 0.289 e. The molecule has 0 N–H and O–H groups in total. The van der Waals surface area contributed by atoms with E-state index in [1.807, 2.05) is 42.5 Å². The molecule has 0 saturated heterocycles. The van der Waals surface area contributed by atoms with Gasteiger partial charge in [0.2, 0.25) is 0 Å². The lowest BCUT2D eigenvalue weighted by Crippen LogP contribution is -1.99. The summed E-state index contributed by atoms with van der Waals surface area (Å²) in [6.45, 7) is 4.26. The van der Waals surface area contributed by atoms with Crippen LogP contribution in [-0.2, 0) is 0 Å². The van der Waals surface area contributed by atoms with Crippen molar-refractivity contribution in [2.24, 2.45) is 0 Å². The Labute approximate surface area is 206 Å². The number of hydrogen-bond acceptors (Lipinski definition) is 1. The third-order valence-corrected chi connectivity index (χ3v) is 7.35. The summed E-state index contributed by atoms with van der Waals surface area (Å²) in [5.41, 5.74) is 8.66. The highest BCUT2D eigenvalue weighted by molar-refractivity contribution is 9.10. The monoisotopic (exact) mass is 544 g/mol. The zero-order chi connectivity index (χ0) is 22.7. The van der Waals surface area contributed by atoms with E-state index in [9.17, 15) is 4.79 Å². The molecule has 0 aliphatic rings. The molecule has 0 atom stereocenters. The predicted molar refractivity (Wildman–Crippen MR) is 142 cm³/mol. The van der Waals surface area contributed by atoms with Crippen molar-refractivity contribution in [3.8, 4) is 22.3 Å². The average Bonchev–Trinajstić information content (AvgIpc) is 2.82. The minimum absolute atomic E-state index is 0.0326. The maximum Gasteiger partial charge on any atom is 0.186 e. The standard InChI is InChI=1S/C29H22Br2O/c1-19-23(17-18-26(32)24-15-9-10-16-25(24)30)29(31)20(2)28(22-13-7-4-8-14-22)27(19)21-11-5-3-6-12-21/h3-18H,1-2H3/b18-17+. The second kappa shape index (κ2) is 9.81. The fraction of sp³-hybridized carbons (Fsp3) is 0.0690. The van der Waals surface area contributed by atoms with Crippen molar-refractivity contribution in [1.82, 2.24) is 0 Å². The second-order valence-corrected chi connectivity index (χ2v) is 9.28. The molecule has 4 aromatic rings. The van der Waals surface area contributed by atoms with Crippen molar-refractivity contribution < 1.29 is 4.79 Å². The van der Waals surface area contributed by atoms with Gasteiger partial charge in [-0.25, -0.2) is 0 Å². The van der Waals surface area contributed by atoms with Gasteiger partial charge in [-0.1, -0.05) is 88.7 Å². The van der Waals surface area contributed by atoms with Gasteiger partial charge in [0.1, 0.15) is 0 Å². The zero-order valence-electron chi connectivity index (χ0n) is 17.9. The van der Waals surface area contributed by atoms with Gasteiger partial charge in [-0.15, -0.1) is 0 Å². The molecular weight excluding hydrogens is 524 g/mol.